The lowest BCUT2D eigenvalue weighted by atomic mass is 10.0. The molecule has 1 aliphatic carbocycles. The highest BCUT2D eigenvalue weighted by atomic mass is 16.6. The van der Waals surface area contributed by atoms with E-state index in [2.05, 4.69) is 10.3 Å². The van der Waals surface area contributed by atoms with Gasteiger partial charge in [0.1, 0.15) is 12.0 Å². The van der Waals surface area contributed by atoms with Crippen molar-refractivity contribution in [3.8, 4) is 0 Å². The SMILES string of the molecule is Nc1ncc([N+](=O)[O-])cc1C(=O)NCCC1CCCC1. The molecular weight excluding hydrogens is 260 g/mol. The van der Waals surface area contributed by atoms with Crippen LogP contribution in [0.25, 0.3) is 0 Å². The smallest absolute Gasteiger partial charge is 0.288 e. The normalized spacial score (nSPS) is 15.2. The Bertz CT molecular complexity index is 512. The van der Waals surface area contributed by atoms with Crippen LogP contribution in [0.15, 0.2) is 12.3 Å². The first kappa shape index (κ1) is 14.2. The molecule has 0 aromatic carbocycles. The van der Waals surface area contributed by atoms with Gasteiger partial charge in [-0.1, -0.05) is 25.7 Å². The lowest BCUT2D eigenvalue weighted by molar-refractivity contribution is -0.385. The van der Waals surface area contributed by atoms with Gasteiger partial charge >= 0.3 is 0 Å². The first-order chi connectivity index (χ1) is 9.58. The number of nitrogen functional groups attached to an aromatic ring is 1. The summed E-state index contributed by atoms with van der Waals surface area (Å²) < 4.78 is 0. The van der Waals surface area contributed by atoms with E-state index in [4.69, 9.17) is 5.73 Å². The molecule has 1 aliphatic rings. The third kappa shape index (κ3) is 3.43. The van der Waals surface area contributed by atoms with E-state index >= 15 is 0 Å². The van der Waals surface area contributed by atoms with Crippen molar-refractivity contribution in [2.24, 2.45) is 5.92 Å². The lowest BCUT2D eigenvalue weighted by Gasteiger charge is -2.10. The summed E-state index contributed by atoms with van der Waals surface area (Å²) in [5.41, 5.74) is 5.41. The summed E-state index contributed by atoms with van der Waals surface area (Å²) in [6, 6.07) is 1.16. The van der Waals surface area contributed by atoms with Crippen LogP contribution in [0.3, 0.4) is 0 Å². The van der Waals surface area contributed by atoms with E-state index in [1.54, 1.807) is 0 Å². The van der Waals surface area contributed by atoms with Crippen molar-refractivity contribution >= 4 is 17.4 Å². The molecule has 0 bridgehead atoms. The topological polar surface area (TPSA) is 111 Å². The van der Waals surface area contributed by atoms with Crippen molar-refractivity contribution in [3.05, 3.63) is 27.9 Å². The molecule has 2 rings (SSSR count). The highest BCUT2D eigenvalue weighted by molar-refractivity contribution is 5.98. The first-order valence-corrected chi connectivity index (χ1v) is 6.76. The second kappa shape index (κ2) is 6.31. The predicted octanol–water partition coefficient (Wildman–Crippen LogP) is 1.88. The molecule has 0 radical (unpaired) electrons. The molecule has 3 N–H and O–H groups in total. The van der Waals surface area contributed by atoms with E-state index in [0.717, 1.165) is 18.7 Å². The van der Waals surface area contributed by atoms with Gasteiger partial charge in [0.2, 0.25) is 0 Å². The van der Waals surface area contributed by atoms with Crippen molar-refractivity contribution in [2.45, 2.75) is 32.1 Å². The third-order valence-electron chi connectivity index (χ3n) is 3.67. The number of hydrogen-bond acceptors (Lipinski definition) is 5. The summed E-state index contributed by atoms with van der Waals surface area (Å²) in [7, 11) is 0. The summed E-state index contributed by atoms with van der Waals surface area (Å²) in [5, 5.41) is 13.4. The molecule has 0 saturated heterocycles. The van der Waals surface area contributed by atoms with E-state index in [1.807, 2.05) is 0 Å². The fourth-order valence-electron chi connectivity index (χ4n) is 2.53. The first-order valence-electron chi connectivity index (χ1n) is 6.76. The molecule has 1 saturated carbocycles. The van der Waals surface area contributed by atoms with Crippen LogP contribution in [-0.2, 0) is 0 Å². The standard InChI is InChI=1S/C13H18N4O3/c14-12-11(7-10(8-16-12)17(19)20)13(18)15-6-5-9-3-1-2-4-9/h7-9H,1-6H2,(H2,14,16)(H,15,18). The number of anilines is 1. The van der Waals surface area contributed by atoms with Gasteiger partial charge in [-0.05, 0) is 12.3 Å². The van der Waals surface area contributed by atoms with Crippen LogP contribution in [0.4, 0.5) is 11.5 Å². The highest BCUT2D eigenvalue weighted by Crippen LogP contribution is 2.27. The molecule has 1 amide bonds. The molecular formula is C13H18N4O3. The Morgan fingerprint density at radius 3 is 2.85 bits per heavy atom. The van der Waals surface area contributed by atoms with Gasteiger partial charge in [-0.25, -0.2) is 4.98 Å². The Balaban J connectivity index is 1.94. The average molecular weight is 278 g/mol. The molecule has 1 aromatic heterocycles. The fourth-order valence-corrected chi connectivity index (χ4v) is 2.53. The second-order valence-corrected chi connectivity index (χ2v) is 5.08. The summed E-state index contributed by atoms with van der Waals surface area (Å²) in [6.07, 6.45) is 6.95. The zero-order valence-electron chi connectivity index (χ0n) is 11.2. The van der Waals surface area contributed by atoms with Crippen LogP contribution in [0, 0.1) is 16.0 Å². The summed E-state index contributed by atoms with van der Waals surface area (Å²) >= 11 is 0. The molecule has 7 heteroatoms. The third-order valence-corrected chi connectivity index (χ3v) is 3.67. The van der Waals surface area contributed by atoms with Crippen LogP contribution in [0.5, 0.6) is 0 Å². The number of carbonyl (C=O) groups is 1. The summed E-state index contributed by atoms with van der Waals surface area (Å²) in [6.45, 7) is 0.561. The van der Waals surface area contributed by atoms with Crippen LogP contribution in [-0.4, -0.2) is 22.4 Å². The number of nitrogens with zero attached hydrogens (tertiary/aromatic N) is 2. The number of pyridine rings is 1. The molecule has 20 heavy (non-hydrogen) atoms. The van der Waals surface area contributed by atoms with Gasteiger partial charge in [-0.15, -0.1) is 0 Å². The van der Waals surface area contributed by atoms with E-state index in [0.29, 0.717) is 12.5 Å². The Morgan fingerprint density at radius 2 is 2.20 bits per heavy atom. The monoisotopic (exact) mass is 278 g/mol. The number of amides is 1. The lowest BCUT2D eigenvalue weighted by Crippen LogP contribution is -2.26. The van der Waals surface area contributed by atoms with Gasteiger partial charge in [-0.3, -0.25) is 14.9 Å². The van der Waals surface area contributed by atoms with E-state index in [1.165, 1.54) is 25.7 Å². The van der Waals surface area contributed by atoms with Gasteiger partial charge in [0.25, 0.3) is 11.6 Å². The molecule has 1 heterocycles. The van der Waals surface area contributed by atoms with Gasteiger partial charge < -0.3 is 11.1 Å². The van der Waals surface area contributed by atoms with Crippen molar-refractivity contribution in [1.29, 1.82) is 0 Å². The van der Waals surface area contributed by atoms with Gasteiger partial charge in [-0.2, -0.15) is 0 Å². The average Bonchev–Trinajstić information content (AvgIpc) is 2.92. The van der Waals surface area contributed by atoms with Crippen LogP contribution in [0.2, 0.25) is 0 Å². The minimum atomic E-state index is -0.595. The van der Waals surface area contributed by atoms with Crippen LogP contribution < -0.4 is 11.1 Å². The van der Waals surface area contributed by atoms with Crippen molar-refractivity contribution in [2.75, 3.05) is 12.3 Å². The van der Waals surface area contributed by atoms with Gasteiger partial charge in [0.05, 0.1) is 10.5 Å². The number of nitrogens with two attached hydrogens (primary N) is 1. The number of carbonyl (C=O) groups excluding carboxylic acids is 1. The number of aromatic nitrogens is 1. The highest BCUT2D eigenvalue weighted by Gasteiger charge is 2.18. The molecule has 1 aromatic rings. The van der Waals surface area contributed by atoms with Crippen LogP contribution in [0.1, 0.15) is 42.5 Å². The zero-order chi connectivity index (χ0) is 14.5. The number of hydrogen-bond donors (Lipinski definition) is 2. The minimum absolute atomic E-state index is 0.00830. The van der Waals surface area contributed by atoms with Crippen molar-refractivity contribution in [3.63, 3.8) is 0 Å². The molecule has 0 spiro atoms. The fraction of sp³-hybridized carbons (Fsp3) is 0.538. The Morgan fingerprint density at radius 1 is 1.50 bits per heavy atom. The molecule has 1 fully saturated rings. The Labute approximate surface area is 116 Å². The number of nitro groups is 1. The van der Waals surface area contributed by atoms with E-state index < -0.39 is 10.8 Å². The second-order valence-electron chi connectivity index (χ2n) is 5.08. The maximum absolute atomic E-state index is 12.0. The van der Waals surface area contributed by atoms with Crippen molar-refractivity contribution < 1.29 is 9.72 Å². The molecule has 7 nitrogen and oxygen atoms in total. The van der Waals surface area contributed by atoms with E-state index in [-0.39, 0.29) is 17.1 Å². The zero-order valence-corrected chi connectivity index (χ0v) is 11.2. The van der Waals surface area contributed by atoms with Crippen LogP contribution >= 0.6 is 0 Å². The quantitative estimate of drug-likeness (QED) is 0.631. The maximum Gasteiger partial charge on any atom is 0.288 e. The number of rotatable bonds is 5. The molecule has 108 valence electrons. The largest absolute Gasteiger partial charge is 0.383 e. The van der Waals surface area contributed by atoms with Gasteiger partial charge in [0.15, 0.2) is 0 Å². The molecule has 0 unspecified atom stereocenters. The summed E-state index contributed by atoms with van der Waals surface area (Å²) in [5.74, 6) is 0.279. The molecule has 0 aliphatic heterocycles. The number of nitrogens with one attached hydrogen (secondary N) is 1. The van der Waals surface area contributed by atoms with Crippen molar-refractivity contribution in [1.82, 2.24) is 10.3 Å². The Hall–Kier alpha value is -2.18. The Kier molecular flexibility index (Phi) is 4.49. The minimum Gasteiger partial charge on any atom is -0.383 e. The maximum atomic E-state index is 12.0. The summed E-state index contributed by atoms with van der Waals surface area (Å²) in [4.78, 5) is 25.7. The van der Waals surface area contributed by atoms with E-state index in [9.17, 15) is 14.9 Å². The van der Waals surface area contributed by atoms with Gasteiger partial charge in [0, 0.05) is 12.6 Å². The molecule has 0 atom stereocenters. The predicted molar refractivity (Wildman–Crippen MR) is 74.2 cm³/mol.